The number of phosphoric acid groups is 1. The zero-order chi connectivity index (χ0) is 20.9. The predicted octanol–water partition coefficient (Wildman–Crippen LogP) is 5.31. The van der Waals surface area contributed by atoms with Crippen molar-refractivity contribution >= 4 is 25.0 Å². The van der Waals surface area contributed by atoms with Crippen molar-refractivity contribution in [1.29, 1.82) is 0 Å². The van der Waals surface area contributed by atoms with E-state index in [1.165, 1.54) is 19.3 Å². The van der Waals surface area contributed by atoms with E-state index in [1.54, 1.807) is 32.3 Å². The van der Waals surface area contributed by atoms with Crippen LogP contribution in [0.1, 0.15) is 84.7 Å². The van der Waals surface area contributed by atoms with Gasteiger partial charge in [0, 0.05) is 12.4 Å². The summed E-state index contributed by atoms with van der Waals surface area (Å²) in [4.78, 5) is 23.2. The zero-order valence-electron chi connectivity index (χ0n) is 17.1. The first-order valence-electron chi connectivity index (χ1n) is 9.61. The second kappa shape index (κ2) is 13.3. The van der Waals surface area contributed by atoms with E-state index in [4.69, 9.17) is 16.7 Å². The lowest BCUT2D eigenvalue weighted by atomic mass is 9.92. The minimum atomic E-state index is -4.64. The average Bonchev–Trinajstić information content (AvgIpc) is 2.60. The van der Waals surface area contributed by atoms with Crippen LogP contribution in [0, 0.1) is 0 Å². The van der Waals surface area contributed by atoms with Gasteiger partial charge in [-0.25, -0.2) is 4.57 Å². The quantitative estimate of drug-likeness (QED) is 0.255. The van der Waals surface area contributed by atoms with Crippen molar-refractivity contribution in [3.63, 3.8) is 0 Å². The van der Waals surface area contributed by atoms with E-state index < -0.39 is 19.5 Å². The summed E-state index contributed by atoms with van der Waals surface area (Å²) in [6.07, 6.45) is 9.75. The molecule has 6 nitrogen and oxygen atoms in total. The maximum absolute atomic E-state index is 11.3. The second-order valence-electron chi connectivity index (χ2n) is 6.64. The summed E-state index contributed by atoms with van der Waals surface area (Å²) in [5.74, 6) is 0. The Hall–Kier alpha value is -0.850. The Bertz CT molecular complexity index is 578. The Kier molecular flexibility index (Phi) is 12.9. The Morgan fingerprint density at radius 1 is 1.30 bits per heavy atom. The first-order valence-corrected chi connectivity index (χ1v) is 11.5. The van der Waals surface area contributed by atoms with Crippen molar-refractivity contribution in [2.24, 2.45) is 0 Å². The number of rotatable bonds is 11. The number of aromatic nitrogens is 1. The van der Waals surface area contributed by atoms with Crippen LogP contribution in [0.15, 0.2) is 24.5 Å². The van der Waals surface area contributed by atoms with Gasteiger partial charge in [0.15, 0.2) is 0 Å². The molecule has 1 unspecified atom stereocenters. The molecule has 0 bridgehead atoms. The summed E-state index contributed by atoms with van der Waals surface area (Å²) in [5.41, 5.74) is -0.414. The molecule has 0 aliphatic rings. The van der Waals surface area contributed by atoms with Gasteiger partial charge in [-0.1, -0.05) is 64.7 Å². The van der Waals surface area contributed by atoms with Gasteiger partial charge in [-0.05, 0) is 38.3 Å². The van der Waals surface area contributed by atoms with E-state index in [0.29, 0.717) is 4.99 Å². The number of unbranched alkanes of at least 4 members (excludes halogenated alkanes) is 4. The number of phosphoric ester groups is 1. The number of thiocarbonyl (C=S) groups is 1. The molecule has 0 aromatic carbocycles. The fourth-order valence-electron chi connectivity index (χ4n) is 2.69. The lowest BCUT2D eigenvalue weighted by Crippen LogP contribution is -2.43. The summed E-state index contributed by atoms with van der Waals surface area (Å²) >= 11 is 5.44. The van der Waals surface area contributed by atoms with Crippen LogP contribution in [0.3, 0.4) is 0 Å². The van der Waals surface area contributed by atoms with Gasteiger partial charge in [0.2, 0.25) is 0 Å². The van der Waals surface area contributed by atoms with Crippen molar-refractivity contribution in [2.45, 2.75) is 84.8 Å². The number of hydrogen-bond acceptors (Lipinski definition) is 4. The van der Waals surface area contributed by atoms with Crippen molar-refractivity contribution in [3.8, 4) is 0 Å². The van der Waals surface area contributed by atoms with Gasteiger partial charge in [0.1, 0.15) is 0 Å². The van der Waals surface area contributed by atoms with Gasteiger partial charge < -0.3 is 15.1 Å². The van der Waals surface area contributed by atoms with E-state index >= 15 is 0 Å². The van der Waals surface area contributed by atoms with E-state index in [9.17, 15) is 14.4 Å². The molecule has 1 aromatic heterocycles. The van der Waals surface area contributed by atoms with Crippen molar-refractivity contribution in [2.75, 3.05) is 0 Å². The molecule has 3 N–H and O–H groups in total. The Labute approximate surface area is 169 Å². The third-order valence-corrected chi connectivity index (χ3v) is 4.91. The normalized spacial score (nSPS) is 12.7. The maximum Gasteiger partial charge on any atom is 0.470 e. The molecule has 27 heavy (non-hydrogen) atoms. The average molecular weight is 419 g/mol. The fraction of sp³-hybridized carbons (Fsp3) is 0.684. The number of nitrogens with zero attached hydrogens (tertiary/aromatic N) is 1. The minimum absolute atomic E-state index is 0.517. The Balaban J connectivity index is 0.00000326. The van der Waals surface area contributed by atoms with Crippen LogP contribution >= 0.6 is 20.0 Å². The van der Waals surface area contributed by atoms with Crippen molar-refractivity contribution in [3.05, 3.63) is 30.1 Å². The maximum atomic E-state index is 11.3. The van der Waals surface area contributed by atoms with Gasteiger partial charge in [0.05, 0.1) is 16.6 Å². The molecule has 0 aliphatic heterocycles. The molecule has 8 heteroatoms. The lowest BCUT2D eigenvalue weighted by molar-refractivity contribution is 0.0366. The molecule has 0 fully saturated rings. The molecule has 0 saturated carbocycles. The van der Waals surface area contributed by atoms with E-state index in [-0.39, 0.29) is 0 Å². The largest absolute Gasteiger partial charge is 0.470 e. The first-order chi connectivity index (χ1) is 12.7. The third kappa shape index (κ3) is 11.6. The Morgan fingerprint density at radius 3 is 2.44 bits per heavy atom. The zero-order valence-corrected chi connectivity index (χ0v) is 18.9. The van der Waals surface area contributed by atoms with Gasteiger partial charge in [0.25, 0.3) is 0 Å². The highest BCUT2D eigenvalue weighted by Crippen LogP contribution is 2.45. The van der Waals surface area contributed by atoms with Crippen LogP contribution < -0.4 is 5.32 Å². The van der Waals surface area contributed by atoms with Crippen molar-refractivity contribution in [1.82, 2.24) is 10.3 Å². The monoisotopic (exact) mass is 418 g/mol. The fourth-order valence-corrected chi connectivity index (χ4v) is 3.67. The van der Waals surface area contributed by atoms with Gasteiger partial charge in [-0.15, -0.1) is 0 Å². The molecular weight excluding hydrogens is 383 g/mol. The van der Waals surface area contributed by atoms with Crippen LogP contribution in [-0.4, -0.2) is 25.4 Å². The first kappa shape index (κ1) is 26.1. The molecular formula is C19H35N2O4PS. The molecule has 0 amide bonds. The molecule has 0 aliphatic carbocycles. The highest BCUT2D eigenvalue weighted by Gasteiger charge is 2.38. The molecule has 1 heterocycles. The van der Waals surface area contributed by atoms with E-state index in [0.717, 1.165) is 24.8 Å². The van der Waals surface area contributed by atoms with E-state index in [2.05, 4.69) is 17.2 Å². The minimum Gasteiger partial charge on any atom is -0.370 e. The number of nitrogens with one attached hydrogen (secondary N) is 1. The number of hydrogen-bond donors (Lipinski definition) is 3. The molecule has 1 rings (SSSR count). The Morgan fingerprint density at radius 2 is 1.93 bits per heavy atom. The van der Waals surface area contributed by atoms with Crippen molar-refractivity contribution < 1.29 is 18.9 Å². The van der Waals surface area contributed by atoms with Gasteiger partial charge >= 0.3 is 7.82 Å². The SMILES string of the molecule is CC.CCCCCCCC(=S)NC(c1cccnc1)C(C)(C)OP(=O)(O)O. The lowest BCUT2D eigenvalue weighted by Gasteiger charge is -2.35. The summed E-state index contributed by atoms with van der Waals surface area (Å²) in [6, 6.07) is 3.09. The van der Waals surface area contributed by atoms with Crippen LogP contribution in [0.25, 0.3) is 0 Å². The second-order valence-corrected chi connectivity index (χ2v) is 8.29. The summed E-state index contributed by atoms with van der Waals surface area (Å²) in [6.45, 7) is 9.43. The molecule has 0 saturated heterocycles. The molecule has 0 radical (unpaired) electrons. The summed E-state index contributed by atoms with van der Waals surface area (Å²) in [5, 5.41) is 3.21. The van der Waals surface area contributed by atoms with Crippen LogP contribution in [0.4, 0.5) is 0 Å². The molecule has 156 valence electrons. The third-order valence-electron chi connectivity index (χ3n) is 3.88. The molecule has 0 spiro atoms. The number of pyridine rings is 1. The van der Waals surface area contributed by atoms with Crippen LogP contribution in [0.2, 0.25) is 0 Å². The topological polar surface area (TPSA) is 91.7 Å². The van der Waals surface area contributed by atoms with E-state index in [1.807, 2.05) is 19.9 Å². The summed E-state index contributed by atoms with van der Waals surface area (Å²) < 4.78 is 16.4. The smallest absolute Gasteiger partial charge is 0.370 e. The highest BCUT2D eigenvalue weighted by molar-refractivity contribution is 7.80. The highest BCUT2D eigenvalue weighted by atomic mass is 32.1. The standard InChI is InChI=1S/C17H29N2O4PS.C2H6/c1-4-5-6-7-8-11-15(25)19-16(14-10-9-12-18-13-14)17(2,3)23-24(20,21)22;1-2/h9-10,12-13,16H,4-8,11H2,1-3H3,(H,19,25)(H2,20,21,22);1-2H3. The van der Waals surface area contributed by atoms with Crippen LogP contribution in [-0.2, 0) is 9.09 Å². The predicted molar refractivity (Wildman–Crippen MR) is 115 cm³/mol. The van der Waals surface area contributed by atoms with Gasteiger partial charge in [-0.2, -0.15) is 0 Å². The van der Waals surface area contributed by atoms with Crippen LogP contribution in [0.5, 0.6) is 0 Å². The van der Waals surface area contributed by atoms with Gasteiger partial charge in [-0.3, -0.25) is 9.51 Å². The molecule has 1 aromatic rings. The summed E-state index contributed by atoms with van der Waals surface area (Å²) in [7, 11) is -4.64. The molecule has 1 atom stereocenters.